The zero-order valence-corrected chi connectivity index (χ0v) is 8.58. The molecule has 1 unspecified atom stereocenters. The first-order valence-electron chi connectivity index (χ1n) is 4.64. The summed E-state index contributed by atoms with van der Waals surface area (Å²) in [5.41, 5.74) is 4.38. The van der Waals surface area contributed by atoms with E-state index in [1.165, 1.54) is 0 Å². The minimum Gasteiger partial charge on any atom is -0.323 e. The van der Waals surface area contributed by atoms with Crippen molar-refractivity contribution < 1.29 is 4.39 Å². The molecule has 2 heteroatoms. The van der Waals surface area contributed by atoms with Crippen LogP contribution >= 0.6 is 0 Å². The van der Waals surface area contributed by atoms with Gasteiger partial charge >= 0.3 is 0 Å². The lowest BCUT2D eigenvalue weighted by atomic mass is 9.78. The van der Waals surface area contributed by atoms with Gasteiger partial charge in [0.15, 0.2) is 0 Å². The summed E-state index contributed by atoms with van der Waals surface area (Å²) in [4.78, 5) is 0. The highest BCUT2D eigenvalue weighted by Gasteiger charge is 2.56. The monoisotopic (exact) mass is 173 g/mol. The topological polar surface area (TPSA) is 26.0 Å². The normalized spacial score (nSPS) is 26.5. The van der Waals surface area contributed by atoms with Gasteiger partial charge in [0.2, 0.25) is 0 Å². The molecule has 1 nitrogen and oxygen atoms in total. The predicted octanol–water partition coefficient (Wildman–Crippen LogP) is 2.64. The fourth-order valence-corrected chi connectivity index (χ4v) is 1.94. The van der Waals surface area contributed by atoms with Crippen molar-refractivity contribution in [3.8, 4) is 0 Å². The highest BCUT2D eigenvalue weighted by molar-refractivity contribution is 5.11. The average Bonchev–Trinajstić information content (AvgIpc) is 2.40. The number of rotatable bonds is 2. The van der Waals surface area contributed by atoms with E-state index in [1.54, 1.807) is 0 Å². The second-order valence-corrected chi connectivity index (χ2v) is 5.62. The van der Waals surface area contributed by atoms with Gasteiger partial charge in [0.05, 0.1) is 0 Å². The van der Waals surface area contributed by atoms with Crippen molar-refractivity contribution >= 4 is 0 Å². The fourth-order valence-electron chi connectivity index (χ4n) is 1.94. The molecule has 1 aliphatic rings. The quantitative estimate of drug-likeness (QED) is 0.682. The molecule has 0 aliphatic heterocycles. The summed E-state index contributed by atoms with van der Waals surface area (Å²) in [6.45, 7) is 8.14. The minimum absolute atomic E-state index is 0.116. The molecule has 1 aliphatic carbocycles. The zero-order chi connectivity index (χ0) is 9.62. The highest BCUT2D eigenvalue weighted by Crippen LogP contribution is 2.50. The van der Waals surface area contributed by atoms with Crippen LogP contribution in [0.2, 0.25) is 0 Å². The number of hydrogen-bond acceptors (Lipinski definition) is 1. The molecule has 0 bridgehead atoms. The van der Waals surface area contributed by atoms with Crippen molar-refractivity contribution in [2.45, 2.75) is 58.2 Å². The van der Waals surface area contributed by atoms with Gasteiger partial charge in [0, 0.05) is 5.54 Å². The van der Waals surface area contributed by atoms with Crippen molar-refractivity contribution in [2.24, 2.45) is 11.1 Å². The van der Waals surface area contributed by atoms with Crippen LogP contribution in [-0.4, -0.2) is 11.2 Å². The van der Waals surface area contributed by atoms with Gasteiger partial charge in [-0.2, -0.15) is 0 Å². The Morgan fingerprint density at radius 3 is 1.92 bits per heavy atom. The van der Waals surface area contributed by atoms with Crippen LogP contribution in [0.25, 0.3) is 0 Å². The van der Waals surface area contributed by atoms with Gasteiger partial charge in [0.25, 0.3) is 0 Å². The standard InChI is InChI=1S/C10H20FN/c1-8(2,3)7-9(4,12)10(11)5-6-10/h5-7,12H2,1-4H3. The Hall–Kier alpha value is -0.110. The van der Waals surface area contributed by atoms with E-state index in [2.05, 4.69) is 20.8 Å². The lowest BCUT2D eigenvalue weighted by molar-refractivity contribution is 0.128. The molecule has 72 valence electrons. The van der Waals surface area contributed by atoms with E-state index < -0.39 is 11.2 Å². The van der Waals surface area contributed by atoms with E-state index >= 15 is 0 Å². The summed E-state index contributed by atoms with van der Waals surface area (Å²) in [6, 6.07) is 0. The average molecular weight is 173 g/mol. The summed E-state index contributed by atoms with van der Waals surface area (Å²) >= 11 is 0. The van der Waals surface area contributed by atoms with Gasteiger partial charge in [-0.05, 0) is 31.6 Å². The van der Waals surface area contributed by atoms with Crippen molar-refractivity contribution in [3.63, 3.8) is 0 Å². The maximum atomic E-state index is 13.7. The Kier molecular flexibility index (Phi) is 2.03. The molecule has 0 amide bonds. The molecule has 12 heavy (non-hydrogen) atoms. The van der Waals surface area contributed by atoms with Crippen LogP contribution in [0.15, 0.2) is 0 Å². The van der Waals surface area contributed by atoms with Crippen LogP contribution in [0, 0.1) is 5.41 Å². The molecule has 1 fully saturated rings. The highest BCUT2D eigenvalue weighted by atomic mass is 19.1. The molecule has 1 atom stereocenters. The smallest absolute Gasteiger partial charge is 0.128 e. The summed E-state index contributed by atoms with van der Waals surface area (Å²) in [7, 11) is 0. The third kappa shape index (κ3) is 1.98. The first-order valence-corrected chi connectivity index (χ1v) is 4.64. The number of halogens is 1. The van der Waals surface area contributed by atoms with Gasteiger partial charge < -0.3 is 5.73 Å². The zero-order valence-electron chi connectivity index (χ0n) is 8.58. The van der Waals surface area contributed by atoms with Crippen LogP contribution in [0.1, 0.15) is 47.0 Å². The molecule has 0 aromatic heterocycles. The second-order valence-electron chi connectivity index (χ2n) is 5.62. The van der Waals surface area contributed by atoms with Crippen LogP contribution in [0.5, 0.6) is 0 Å². The third-order valence-corrected chi connectivity index (χ3v) is 2.61. The van der Waals surface area contributed by atoms with Gasteiger partial charge in [-0.25, -0.2) is 4.39 Å². The minimum atomic E-state index is -1.07. The summed E-state index contributed by atoms with van der Waals surface area (Å²) in [5, 5.41) is 0. The fraction of sp³-hybridized carbons (Fsp3) is 1.00. The van der Waals surface area contributed by atoms with E-state index in [9.17, 15) is 4.39 Å². The second kappa shape index (κ2) is 2.44. The molecule has 1 saturated carbocycles. The van der Waals surface area contributed by atoms with Gasteiger partial charge in [0.1, 0.15) is 5.67 Å². The molecular formula is C10H20FN. The maximum absolute atomic E-state index is 13.7. The molecular weight excluding hydrogens is 153 g/mol. The molecule has 0 saturated heterocycles. The molecule has 0 heterocycles. The summed E-state index contributed by atoms with van der Waals surface area (Å²) < 4.78 is 13.7. The molecule has 0 spiro atoms. The van der Waals surface area contributed by atoms with Crippen molar-refractivity contribution in [1.82, 2.24) is 0 Å². The third-order valence-electron chi connectivity index (χ3n) is 2.61. The van der Waals surface area contributed by atoms with Crippen LogP contribution in [0.4, 0.5) is 4.39 Å². The van der Waals surface area contributed by atoms with Crippen molar-refractivity contribution in [3.05, 3.63) is 0 Å². The lowest BCUT2D eigenvalue weighted by Crippen LogP contribution is -2.50. The van der Waals surface area contributed by atoms with E-state index in [1.807, 2.05) is 6.92 Å². The van der Waals surface area contributed by atoms with Crippen LogP contribution in [0.3, 0.4) is 0 Å². The molecule has 0 aromatic rings. The number of nitrogens with two attached hydrogens (primary N) is 1. The predicted molar refractivity (Wildman–Crippen MR) is 49.7 cm³/mol. The first kappa shape index (κ1) is 9.97. The Morgan fingerprint density at radius 2 is 1.67 bits per heavy atom. The lowest BCUT2D eigenvalue weighted by Gasteiger charge is -2.35. The molecule has 1 rings (SSSR count). The van der Waals surface area contributed by atoms with Crippen LogP contribution < -0.4 is 5.73 Å². The van der Waals surface area contributed by atoms with E-state index in [0.717, 1.165) is 6.42 Å². The Bertz CT molecular complexity index is 175. The van der Waals surface area contributed by atoms with E-state index in [-0.39, 0.29) is 5.41 Å². The summed E-state index contributed by atoms with van der Waals surface area (Å²) in [6.07, 6.45) is 2.04. The Balaban J connectivity index is 2.61. The van der Waals surface area contributed by atoms with Crippen molar-refractivity contribution in [2.75, 3.05) is 0 Å². The Labute approximate surface area is 74.5 Å². The number of alkyl halides is 1. The van der Waals surface area contributed by atoms with Crippen molar-refractivity contribution in [1.29, 1.82) is 0 Å². The molecule has 2 N–H and O–H groups in total. The molecule has 0 aromatic carbocycles. The Morgan fingerprint density at radius 1 is 1.25 bits per heavy atom. The van der Waals surface area contributed by atoms with Gasteiger partial charge in [-0.3, -0.25) is 0 Å². The van der Waals surface area contributed by atoms with Crippen LogP contribution in [-0.2, 0) is 0 Å². The number of hydrogen-bond donors (Lipinski definition) is 1. The SMILES string of the molecule is CC(C)(C)CC(C)(N)C1(F)CC1. The maximum Gasteiger partial charge on any atom is 0.128 e. The first-order chi connectivity index (χ1) is 5.16. The molecule has 0 radical (unpaired) electrons. The van der Waals surface area contributed by atoms with E-state index in [0.29, 0.717) is 12.8 Å². The van der Waals surface area contributed by atoms with Gasteiger partial charge in [-0.1, -0.05) is 20.8 Å². The largest absolute Gasteiger partial charge is 0.323 e. The van der Waals surface area contributed by atoms with E-state index in [4.69, 9.17) is 5.73 Å². The summed E-state index contributed by atoms with van der Waals surface area (Å²) in [5.74, 6) is 0. The van der Waals surface area contributed by atoms with Gasteiger partial charge in [-0.15, -0.1) is 0 Å².